The maximum absolute atomic E-state index is 11.7. The molecule has 94 valence electrons. The Morgan fingerprint density at radius 2 is 1.81 bits per heavy atom. The predicted molar refractivity (Wildman–Crippen MR) is 67.4 cm³/mol. The molecule has 0 saturated carbocycles. The molecule has 1 amide bonds. The Kier molecular flexibility index (Phi) is 5.26. The Bertz CT molecular complexity index is 214. The van der Waals surface area contributed by atoms with Gasteiger partial charge < -0.3 is 10.2 Å². The van der Waals surface area contributed by atoms with E-state index in [2.05, 4.69) is 26.1 Å². The SMILES string of the molecule is CC(C)(C)CCNCCC(=O)N1CCCC1. The number of hydrogen-bond donors (Lipinski definition) is 1. The van der Waals surface area contributed by atoms with Crippen LogP contribution in [0, 0.1) is 5.41 Å². The zero-order valence-corrected chi connectivity index (χ0v) is 11.0. The standard InChI is InChI=1S/C13H26N2O/c1-13(2,3)7-9-14-8-6-12(16)15-10-4-5-11-15/h14H,4-11H2,1-3H3. The highest BCUT2D eigenvalue weighted by Crippen LogP contribution is 2.16. The number of rotatable bonds is 5. The molecule has 16 heavy (non-hydrogen) atoms. The summed E-state index contributed by atoms with van der Waals surface area (Å²) in [5.74, 6) is 0.320. The summed E-state index contributed by atoms with van der Waals surface area (Å²) >= 11 is 0. The van der Waals surface area contributed by atoms with Crippen LogP contribution in [0.4, 0.5) is 0 Å². The van der Waals surface area contributed by atoms with Gasteiger partial charge in [0.2, 0.25) is 5.91 Å². The molecule has 0 atom stereocenters. The fraction of sp³-hybridized carbons (Fsp3) is 0.923. The summed E-state index contributed by atoms with van der Waals surface area (Å²) in [6.45, 7) is 10.5. The molecule has 3 heteroatoms. The van der Waals surface area contributed by atoms with E-state index >= 15 is 0 Å². The van der Waals surface area contributed by atoms with Crippen molar-refractivity contribution in [1.82, 2.24) is 10.2 Å². The van der Waals surface area contributed by atoms with Crippen LogP contribution in [-0.2, 0) is 4.79 Å². The number of nitrogens with zero attached hydrogens (tertiary/aromatic N) is 1. The number of carbonyl (C=O) groups excluding carboxylic acids is 1. The first-order chi connectivity index (χ1) is 7.49. The zero-order valence-electron chi connectivity index (χ0n) is 11.0. The first-order valence-corrected chi connectivity index (χ1v) is 6.47. The van der Waals surface area contributed by atoms with Crippen molar-refractivity contribution in [2.75, 3.05) is 26.2 Å². The fourth-order valence-electron chi connectivity index (χ4n) is 1.91. The first kappa shape index (κ1) is 13.5. The van der Waals surface area contributed by atoms with Crippen molar-refractivity contribution in [2.45, 2.75) is 46.5 Å². The second-order valence-electron chi connectivity index (χ2n) is 5.90. The normalized spacial score (nSPS) is 16.8. The molecule has 0 unspecified atom stereocenters. The van der Waals surface area contributed by atoms with E-state index in [1.54, 1.807) is 0 Å². The third-order valence-electron chi connectivity index (χ3n) is 3.03. The Balaban J connectivity index is 2.00. The summed E-state index contributed by atoms with van der Waals surface area (Å²) in [4.78, 5) is 13.7. The second-order valence-corrected chi connectivity index (χ2v) is 5.90. The Morgan fingerprint density at radius 3 is 2.38 bits per heavy atom. The van der Waals surface area contributed by atoms with Gasteiger partial charge in [0.15, 0.2) is 0 Å². The minimum absolute atomic E-state index is 0.320. The highest BCUT2D eigenvalue weighted by Gasteiger charge is 2.17. The summed E-state index contributed by atoms with van der Waals surface area (Å²) in [5, 5.41) is 3.35. The number of nitrogens with one attached hydrogen (secondary N) is 1. The molecule has 1 N–H and O–H groups in total. The van der Waals surface area contributed by atoms with Crippen LogP contribution in [0.1, 0.15) is 46.5 Å². The van der Waals surface area contributed by atoms with Crippen molar-refractivity contribution in [3.63, 3.8) is 0 Å². The molecular formula is C13H26N2O. The molecule has 0 aromatic rings. The van der Waals surface area contributed by atoms with Crippen LogP contribution in [0.2, 0.25) is 0 Å². The summed E-state index contributed by atoms with van der Waals surface area (Å²) in [7, 11) is 0. The molecular weight excluding hydrogens is 200 g/mol. The summed E-state index contributed by atoms with van der Waals surface area (Å²) < 4.78 is 0. The highest BCUT2D eigenvalue weighted by molar-refractivity contribution is 5.76. The fourth-order valence-corrected chi connectivity index (χ4v) is 1.91. The van der Waals surface area contributed by atoms with Gasteiger partial charge in [-0.15, -0.1) is 0 Å². The minimum atomic E-state index is 0.320. The molecule has 1 aliphatic heterocycles. The lowest BCUT2D eigenvalue weighted by Crippen LogP contribution is -2.31. The van der Waals surface area contributed by atoms with Gasteiger partial charge in [-0.1, -0.05) is 20.8 Å². The summed E-state index contributed by atoms with van der Waals surface area (Å²) in [6.07, 6.45) is 4.18. The van der Waals surface area contributed by atoms with Gasteiger partial charge in [0.25, 0.3) is 0 Å². The molecule has 1 saturated heterocycles. The van der Waals surface area contributed by atoms with Crippen LogP contribution >= 0.6 is 0 Å². The lowest BCUT2D eigenvalue weighted by molar-refractivity contribution is -0.130. The van der Waals surface area contributed by atoms with Crippen LogP contribution < -0.4 is 5.32 Å². The number of hydrogen-bond acceptors (Lipinski definition) is 2. The molecule has 0 aliphatic carbocycles. The van der Waals surface area contributed by atoms with E-state index in [0.29, 0.717) is 17.7 Å². The van der Waals surface area contributed by atoms with Crippen molar-refractivity contribution in [2.24, 2.45) is 5.41 Å². The third-order valence-corrected chi connectivity index (χ3v) is 3.03. The quantitative estimate of drug-likeness (QED) is 0.727. The van der Waals surface area contributed by atoms with E-state index in [1.165, 1.54) is 12.8 Å². The molecule has 0 aromatic heterocycles. The van der Waals surface area contributed by atoms with Gasteiger partial charge in [0, 0.05) is 26.1 Å². The Labute approximate surface area is 99.6 Å². The van der Waals surface area contributed by atoms with Crippen LogP contribution in [0.3, 0.4) is 0 Å². The van der Waals surface area contributed by atoms with Gasteiger partial charge in [0.05, 0.1) is 0 Å². The highest BCUT2D eigenvalue weighted by atomic mass is 16.2. The summed E-state index contributed by atoms with van der Waals surface area (Å²) in [5.41, 5.74) is 0.381. The van der Waals surface area contributed by atoms with Crippen molar-refractivity contribution < 1.29 is 4.79 Å². The molecule has 3 nitrogen and oxygen atoms in total. The topological polar surface area (TPSA) is 32.3 Å². The van der Waals surface area contributed by atoms with Crippen LogP contribution in [0.25, 0.3) is 0 Å². The molecule has 1 aliphatic rings. The predicted octanol–water partition coefficient (Wildman–Crippen LogP) is 2.02. The minimum Gasteiger partial charge on any atom is -0.343 e. The second kappa shape index (κ2) is 6.24. The third kappa shape index (κ3) is 5.50. The van der Waals surface area contributed by atoms with Gasteiger partial charge in [-0.3, -0.25) is 4.79 Å². The molecule has 1 fully saturated rings. The maximum atomic E-state index is 11.7. The lowest BCUT2D eigenvalue weighted by atomic mass is 9.92. The Hall–Kier alpha value is -0.570. The van der Waals surface area contributed by atoms with Gasteiger partial charge in [-0.2, -0.15) is 0 Å². The van der Waals surface area contributed by atoms with Crippen molar-refractivity contribution in [1.29, 1.82) is 0 Å². The zero-order chi connectivity index (χ0) is 12.0. The molecule has 0 bridgehead atoms. The average molecular weight is 226 g/mol. The van der Waals surface area contributed by atoms with Crippen molar-refractivity contribution in [3.8, 4) is 0 Å². The van der Waals surface area contributed by atoms with Crippen LogP contribution in [-0.4, -0.2) is 37.0 Å². The van der Waals surface area contributed by atoms with Crippen LogP contribution in [0.5, 0.6) is 0 Å². The van der Waals surface area contributed by atoms with Gasteiger partial charge in [-0.25, -0.2) is 0 Å². The van der Waals surface area contributed by atoms with Crippen molar-refractivity contribution in [3.05, 3.63) is 0 Å². The smallest absolute Gasteiger partial charge is 0.223 e. The van der Waals surface area contributed by atoms with E-state index < -0.39 is 0 Å². The van der Waals surface area contributed by atoms with E-state index in [1.807, 2.05) is 4.90 Å². The van der Waals surface area contributed by atoms with Gasteiger partial charge in [0.1, 0.15) is 0 Å². The molecule has 0 aromatic carbocycles. The number of carbonyl (C=O) groups is 1. The molecule has 0 radical (unpaired) electrons. The van der Waals surface area contributed by atoms with E-state index in [9.17, 15) is 4.79 Å². The van der Waals surface area contributed by atoms with E-state index in [-0.39, 0.29) is 0 Å². The molecule has 1 heterocycles. The number of amides is 1. The van der Waals surface area contributed by atoms with Gasteiger partial charge >= 0.3 is 0 Å². The first-order valence-electron chi connectivity index (χ1n) is 6.47. The van der Waals surface area contributed by atoms with Crippen LogP contribution in [0.15, 0.2) is 0 Å². The van der Waals surface area contributed by atoms with E-state index in [0.717, 1.165) is 32.6 Å². The van der Waals surface area contributed by atoms with Gasteiger partial charge in [-0.05, 0) is 31.2 Å². The summed E-state index contributed by atoms with van der Waals surface area (Å²) in [6, 6.07) is 0. The molecule has 1 rings (SSSR count). The average Bonchev–Trinajstić information content (AvgIpc) is 2.67. The monoisotopic (exact) mass is 226 g/mol. The van der Waals surface area contributed by atoms with E-state index in [4.69, 9.17) is 0 Å². The lowest BCUT2D eigenvalue weighted by Gasteiger charge is -2.18. The Morgan fingerprint density at radius 1 is 1.19 bits per heavy atom. The van der Waals surface area contributed by atoms with Crippen molar-refractivity contribution >= 4 is 5.91 Å². The largest absolute Gasteiger partial charge is 0.343 e. The molecule has 0 spiro atoms. The number of likely N-dealkylation sites (tertiary alicyclic amines) is 1. The maximum Gasteiger partial charge on any atom is 0.223 e.